The van der Waals surface area contributed by atoms with E-state index in [1.165, 1.54) is 0 Å². The zero-order valence-corrected chi connectivity index (χ0v) is 9.31. The maximum atomic E-state index is 4.26. The molecule has 0 unspecified atom stereocenters. The highest BCUT2D eigenvalue weighted by atomic mass is 15.3. The van der Waals surface area contributed by atoms with E-state index in [9.17, 15) is 0 Å². The molecule has 0 aliphatic carbocycles. The van der Waals surface area contributed by atoms with Gasteiger partial charge in [0.15, 0.2) is 0 Å². The van der Waals surface area contributed by atoms with Crippen molar-refractivity contribution in [1.29, 1.82) is 0 Å². The minimum Gasteiger partial charge on any atom is -0.364 e. The van der Waals surface area contributed by atoms with Gasteiger partial charge >= 0.3 is 0 Å². The number of aryl methyl sites for hydroxylation is 1. The fraction of sp³-hybridized carbons (Fsp3) is 0.300. The monoisotopic (exact) mass is 218 g/mol. The summed E-state index contributed by atoms with van der Waals surface area (Å²) >= 11 is 0. The maximum Gasteiger partial charge on any atom is 0.224 e. The lowest BCUT2D eigenvalue weighted by Gasteiger charge is -2.06. The third kappa shape index (κ3) is 2.28. The van der Waals surface area contributed by atoms with Crippen LogP contribution in [0, 0.1) is 0 Å². The summed E-state index contributed by atoms with van der Waals surface area (Å²) in [5.41, 5.74) is 1.10. The van der Waals surface area contributed by atoms with Gasteiger partial charge < -0.3 is 10.6 Å². The molecule has 0 bridgehead atoms. The van der Waals surface area contributed by atoms with Gasteiger partial charge in [-0.2, -0.15) is 10.1 Å². The molecule has 0 radical (unpaired) electrons. The molecule has 2 heterocycles. The molecule has 0 spiro atoms. The average Bonchev–Trinajstić information content (AvgIpc) is 2.72. The van der Waals surface area contributed by atoms with Crippen molar-refractivity contribution in [3.05, 3.63) is 30.2 Å². The third-order valence-corrected chi connectivity index (χ3v) is 2.25. The average molecular weight is 218 g/mol. The van der Waals surface area contributed by atoms with Crippen molar-refractivity contribution >= 4 is 11.8 Å². The fourth-order valence-electron chi connectivity index (χ4n) is 1.33. The standard InChI is InChI=1S/C10H14N6/c1-11-10-12-5-4-9(15-10)13-7-8-3-6-14-16(8)2/h3-6H,7H2,1-2H3,(H2,11,12,13,15). The molecule has 0 aliphatic heterocycles. The molecule has 84 valence electrons. The molecule has 2 rings (SSSR count). The van der Waals surface area contributed by atoms with Crippen molar-refractivity contribution in [3.8, 4) is 0 Å². The fourth-order valence-corrected chi connectivity index (χ4v) is 1.33. The second-order valence-corrected chi connectivity index (χ2v) is 3.32. The van der Waals surface area contributed by atoms with Gasteiger partial charge in [0, 0.05) is 26.5 Å². The lowest BCUT2D eigenvalue weighted by molar-refractivity contribution is 0.720. The topological polar surface area (TPSA) is 67.7 Å². The van der Waals surface area contributed by atoms with E-state index in [1.807, 2.05) is 23.9 Å². The van der Waals surface area contributed by atoms with Crippen LogP contribution in [0.5, 0.6) is 0 Å². The SMILES string of the molecule is CNc1nccc(NCc2ccnn2C)n1. The summed E-state index contributed by atoms with van der Waals surface area (Å²) in [6, 6.07) is 3.80. The zero-order valence-electron chi connectivity index (χ0n) is 9.31. The van der Waals surface area contributed by atoms with Gasteiger partial charge in [-0.1, -0.05) is 0 Å². The van der Waals surface area contributed by atoms with Crippen molar-refractivity contribution in [1.82, 2.24) is 19.7 Å². The van der Waals surface area contributed by atoms with Gasteiger partial charge in [-0.25, -0.2) is 4.98 Å². The number of hydrogen-bond donors (Lipinski definition) is 2. The van der Waals surface area contributed by atoms with Gasteiger partial charge in [-0.05, 0) is 12.1 Å². The van der Waals surface area contributed by atoms with Crippen LogP contribution >= 0.6 is 0 Å². The molecule has 2 N–H and O–H groups in total. The Morgan fingerprint density at radius 1 is 1.31 bits per heavy atom. The van der Waals surface area contributed by atoms with Gasteiger partial charge in [0.1, 0.15) is 5.82 Å². The molecule has 6 heteroatoms. The second kappa shape index (κ2) is 4.61. The maximum absolute atomic E-state index is 4.26. The summed E-state index contributed by atoms with van der Waals surface area (Å²) in [7, 11) is 3.70. The summed E-state index contributed by atoms with van der Waals surface area (Å²) in [5.74, 6) is 1.40. The van der Waals surface area contributed by atoms with Crippen molar-refractivity contribution < 1.29 is 0 Å². The number of anilines is 2. The first kappa shape index (κ1) is 10.4. The molecule has 0 fully saturated rings. The summed E-state index contributed by atoms with van der Waals surface area (Å²) in [5, 5.41) is 10.2. The first-order valence-electron chi connectivity index (χ1n) is 5.01. The molecule has 0 aliphatic rings. The van der Waals surface area contributed by atoms with Crippen molar-refractivity contribution in [2.24, 2.45) is 7.05 Å². The molecule has 2 aromatic heterocycles. The normalized spacial score (nSPS) is 10.1. The van der Waals surface area contributed by atoms with E-state index < -0.39 is 0 Å². The Balaban J connectivity index is 2.02. The van der Waals surface area contributed by atoms with Crippen LogP contribution in [0.15, 0.2) is 24.5 Å². The smallest absolute Gasteiger partial charge is 0.224 e. The molecule has 6 nitrogen and oxygen atoms in total. The molecule has 2 aromatic rings. The molecule has 0 saturated carbocycles. The molecule has 0 amide bonds. The van der Waals surface area contributed by atoms with Crippen LogP contribution in [-0.2, 0) is 13.6 Å². The van der Waals surface area contributed by atoms with Crippen LogP contribution < -0.4 is 10.6 Å². The lowest BCUT2D eigenvalue weighted by Crippen LogP contribution is -2.07. The number of nitrogens with one attached hydrogen (secondary N) is 2. The highest BCUT2D eigenvalue weighted by Crippen LogP contribution is 2.07. The zero-order chi connectivity index (χ0) is 11.4. The van der Waals surface area contributed by atoms with E-state index in [0.717, 1.165) is 11.5 Å². The Morgan fingerprint density at radius 2 is 2.19 bits per heavy atom. The summed E-state index contributed by atoms with van der Waals surface area (Å²) in [6.45, 7) is 0.691. The van der Waals surface area contributed by atoms with E-state index in [0.29, 0.717) is 12.5 Å². The first-order valence-corrected chi connectivity index (χ1v) is 5.01. The van der Waals surface area contributed by atoms with E-state index in [1.54, 1.807) is 19.4 Å². The third-order valence-electron chi connectivity index (χ3n) is 2.25. The van der Waals surface area contributed by atoms with Crippen LogP contribution in [0.3, 0.4) is 0 Å². The van der Waals surface area contributed by atoms with Gasteiger partial charge in [-0.15, -0.1) is 0 Å². The number of nitrogens with zero attached hydrogens (tertiary/aromatic N) is 4. The highest BCUT2D eigenvalue weighted by Gasteiger charge is 2.00. The Morgan fingerprint density at radius 3 is 2.88 bits per heavy atom. The molecule has 0 atom stereocenters. The van der Waals surface area contributed by atoms with E-state index in [-0.39, 0.29) is 0 Å². The van der Waals surface area contributed by atoms with Crippen LogP contribution in [0.4, 0.5) is 11.8 Å². The Hall–Kier alpha value is -2.11. The largest absolute Gasteiger partial charge is 0.364 e. The number of hydrogen-bond acceptors (Lipinski definition) is 5. The number of aromatic nitrogens is 4. The second-order valence-electron chi connectivity index (χ2n) is 3.32. The molecule has 0 saturated heterocycles. The van der Waals surface area contributed by atoms with Crippen molar-refractivity contribution in [3.63, 3.8) is 0 Å². The van der Waals surface area contributed by atoms with Gasteiger partial charge in [0.25, 0.3) is 0 Å². The summed E-state index contributed by atoms with van der Waals surface area (Å²) in [4.78, 5) is 8.30. The Bertz CT molecular complexity index is 464. The highest BCUT2D eigenvalue weighted by molar-refractivity contribution is 5.39. The van der Waals surface area contributed by atoms with E-state index in [2.05, 4.69) is 25.7 Å². The quantitative estimate of drug-likeness (QED) is 0.796. The number of rotatable bonds is 4. The molecule has 0 aromatic carbocycles. The summed E-state index contributed by atoms with van der Waals surface area (Å²) in [6.07, 6.45) is 3.49. The Labute approximate surface area is 93.7 Å². The van der Waals surface area contributed by atoms with E-state index >= 15 is 0 Å². The molecular weight excluding hydrogens is 204 g/mol. The van der Waals surface area contributed by atoms with Crippen molar-refractivity contribution in [2.75, 3.05) is 17.7 Å². The minimum atomic E-state index is 0.606. The predicted octanol–water partition coefficient (Wildman–Crippen LogP) is 0.864. The van der Waals surface area contributed by atoms with Gasteiger partial charge in [0.2, 0.25) is 5.95 Å². The molecule has 16 heavy (non-hydrogen) atoms. The van der Waals surface area contributed by atoms with Crippen LogP contribution in [0.25, 0.3) is 0 Å². The van der Waals surface area contributed by atoms with Crippen LogP contribution in [0.1, 0.15) is 5.69 Å². The Kier molecular flexibility index (Phi) is 3.00. The predicted molar refractivity (Wildman–Crippen MR) is 62.1 cm³/mol. The van der Waals surface area contributed by atoms with Gasteiger partial charge in [0.05, 0.1) is 12.2 Å². The lowest BCUT2D eigenvalue weighted by atomic mass is 10.4. The summed E-state index contributed by atoms with van der Waals surface area (Å²) < 4.78 is 1.83. The van der Waals surface area contributed by atoms with Crippen LogP contribution in [0.2, 0.25) is 0 Å². The van der Waals surface area contributed by atoms with Crippen LogP contribution in [-0.4, -0.2) is 26.8 Å². The molecular formula is C10H14N6. The van der Waals surface area contributed by atoms with Gasteiger partial charge in [-0.3, -0.25) is 4.68 Å². The van der Waals surface area contributed by atoms with E-state index in [4.69, 9.17) is 0 Å². The minimum absolute atomic E-state index is 0.606. The van der Waals surface area contributed by atoms with Crippen molar-refractivity contribution in [2.45, 2.75) is 6.54 Å². The first-order chi connectivity index (χ1) is 7.79.